The van der Waals surface area contributed by atoms with Crippen molar-refractivity contribution < 1.29 is 23.4 Å². The van der Waals surface area contributed by atoms with Crippen molar-refractivity contribution >= 4 is 16.9 Å². The van der Waals surface area contributed by atoms with Gasteiger partial charge in [0.2, 0.25) is 0 Å². The molecule has 0 bridgehead atoms. The first-order chi connectivity index (χ1) is 14.6. The molecule has 150 valence electrons. The zero-order valence-corrected chi connectivity index (χ0v) is 16.4. The second kappa shape index (κ2) is 8.13. The van der Waals surface area contributed by atoms with Crippen LogP contribution < -0.4 is 19.6 Å². The van der Waals surface area contributed by atoms with Crippen molar-refractivity contribution in [3.05, 3.63) is 88.8 Å². The maximum atomic E-state index is 13.0. The Morgan fingerprint density at radius 3 is 2.37 bits per heavy atom. The van der Waals surface area contributed by atoms with E-state index < -0.39 is 5.97 Å². The Labute approximate surface area is 172 Å². The molecule has 0 atom stereocenters. The van der Waals surface area contributed by atoms with Crippen LogP contribution >= 0.6 is 0 Å². The second-order valence-corrected chi connectivity index (χ2v) is 6.46. The Morgan fingerprint density at radius 2 is 1.63 bits per heavy atom. The van der Waals surface area contributed by atoms with Gasteiger partial charge in [0, 0.05) is 6.07 Å². The van der Waals surface area contributed by atoms with Gasteiger partial charge in [0.25, 0.3) is 0 Å². The molecule has 0 aliphatic heterocycles. The normalized spacial score (nSPS) is 10.6. The summed E-state index contributed by atoms with van der Waals surface area (Å²) in [5.41, 5.74) is 1.58. The van der Waals surface area contributed by atoms with Crippen molar-refractivity contribution in [2.24, 2.45) is 0 Å². The van der Waals surface area contributed by atoms with E-state index in [0.717, 1.165) is 0 Å². The summed E-state index contributed by atoms with van der Waals surface area (Å²) in [5.74, 6) is 0.881. The Kier molecular flexibility index (Phi) is 5.22. The van der Waals surface area contributed by atoms with Gasteiger partial charge >= 0.3 is 5.97 Å². The fraction of sp³-hybridized carbons (Fsp3) is 0.0833. The molecule has 0 unspecified atom stereocenters. The van der Waals surface area contributed by atoms with E-state index in [0.29, 0.717) is 44.9 Å². The molecule has 0 aliphatic rings. The monoisotopic (exact) mass is 402 g/mol. The average Bonchev–Trinajstić information content (AvgIpc) is 2.79. The van der Waals surface area contributed by atoms with Crippen LogP contribution in [0.25, 0.3) is 22.1 Å². The molecule has 6 nitrogen and oxygen atoms in total. The molecule has 1 aromatic heterocycles. The van der Waals surface area contributed by atoms with Crippen molar-refractivity contribution in [2.75, 3.05) is 14.2 Å². The molecule has 3 aromatic carbocycles. The Morgan fingerprint density at radius 1 is 0.867 bits per heavy atom. The van der Waals surface area contributed by atoms with Gasteiger partial charge in [-0.05, 0) is 42.0 Å². The van der Waals surface area contributed by atoms with E-state index in [1.54, 1.807) is 61.7 Å². The Balaban J connectivity index is 1.68. The topological polar surface area (TPSA) is 75.0 Å². The molecule has 4 rings (SSSR count). The third kappa shape index (κ3) is 3.63. The van der Waals surface area contributed by atoms with Crippen LogP contribution in [0.15, 0.2) is 82.2 Å². The summed E-state index contributed by atoms with van der Waals surface area (Å²) in [7, 11) is 3.08. The average molecular weight is 402 g/mol. The van der Waals surface area contributed by atoms with Gasteiger partial charge in [-0.15, -0.1) is 0 Å². The van der Waals surface area contributed by atoms with Gasteiger partial charge in [-0.1, -0.05) is 24.3 Å². The lowest BCUT2D eigenvalue weighted by molar-refractivity contribution is 0.0735. The molecule has 0 amide bonds. The van der Waals surface area contributed by atoms with Gasteiger partial charge in [-0.25, -0.2) is 4.79 Å². The van der Waals surface area contributed by atoms with Gasteiger partial charge in [0.15, 0.2) is 16.9 Å². The molecule has 0 N–H and O–H groups in total. The smallest absolute Gasteiger partial charge is 0.343 e. The summed E-state index contributed by atoms with van der Waals surface area (Å²) in [6.07, 6.45) is 1.38. The summed E-state index contributed by atoms with van der Waals surface area (Å²) in [6.45, 7) is 0. The van der Waals surface area contributed by atoms with Gasteiger partial charge < -0.3 is 18.6 Å². The van der Waals surface area contributed by atoms with E-state index in [9.17, 15) is 9.59 Å². The van der Waals surface area contributed by atoms with E-state index in [4.69, 9.17) is 18.6 Å². The summed E-state index contributed by atoms with van der Waals surface area (Å²) in [6, 6.07) is 18.5. The predicted octanol–water partition coefficient (Wildman–Crippen LogP) is 4.70. The van der Waals surface area contributed by atoms with E-state index >= 15 is 0 Å². The number of hydrogen-bond acceptors (Lipinski definition) is 6. The van der Waals surface area contributed by atoms with Crippen LogP contribution in [0.1, 0.15) is 10.4 Å². The molecule has 0 fully saturated rings. The SMILES string of the molecule is COc1ccc(-c2coc3cc(OC(=O)c4ccccc4)ccc3c2=O)cc1OC. The predicted molar refractivity (Wildman–Crippen MR) is 112 cm³/mol. The molecule has 0 saturated carbocycles. The van der Waals surface area contributed by atoms with Crippen molar-refractivity contribution in [1.29, 1.82) is 0 Å². The highest BCUT2D eigenvalue weighted by atomic mass is 16.5. The van der Waals surface area contributed by atoms with Crippen LogP contribution in [0.2, 0.25) is 0 Å². The van der Waals surface area contributed by atoms with Crippen LogP contribution in [0.3, 0.4) is 0 Å². The zero-order valence-electron chi connectivity index (χ0n) is 16.4. The molecule has 30 heavy (non-hydrogen) atoms. The van der Waals surface area contributed by atoms with Crippen molar-refractivity contribution in [3.63, 3.8) is 0 Å². The molecule has 0 saturated heterocycles. The molecular weight excluding hydrogens is 384 g/mol. The minimum Gasteiger partial charge on any atom is -0.493 e. The summed E-state index contributed by atoms with van der Waals surface area (Å²) in [5, 5.41) is 0.377. The van der Waals surface area contributed by atoms with E-state index in [2.05, 4.69) is 0 Å². The Hall–Kier alpha value is -4.06. The second-order valence-electron chi connectivity index (χ2n) is 6.46. The number of methoxy groups -OCH3 is 2. The number of rotatable bonds is 5. The lowest BCUT2D eigenvalue weighted by atomic mass is 10.0. The number of carbonyl (C=O) groups is 1. The van der Waals surface area contributed by atoms with Gasteiger partial charge in [0.05, 0.1) is 30.7 Å². The third-order valence-electron chi connectivity index (χ3n) is 4.66. The minimum atomic E-state index is -0.487. The largest absolute Gasteiger partial charge is 0.493 e. The fourth-order valence-electron chi connectivity index (χ4n) is 3.12. The van der Waals surface area contributed by atoms with Crippen LogP contribution in [0.5, 0.6) is 17.2 Å². The first kappa shape index (κ1) is 19.3. The third-order valence-corrected chi connectivity index (χ3v) is 4.66. The number of carbonyl (C=O) groups excluding carboxylic acids is 1. The number of hydrogen-bond donors (Lipinski definition) is 0. The van der Waals surface area contributed by atoms with Gasteiger partial charge in [-0.2, -0.15) is 0 Å². The molecule has 4 aromatic rings. The van der Waals surface area contributed by atoms with Crippen LogP contribution in [0.4, 0.5) is 0 Å². The molecule has 0 spiro atoms. The lowest BCUT2D eigenvalue weighted by Gasteiger charge is -2.10. The first-order valence-electron chi connectivity index (χ1n) is 9.16. The van der Waals surface area contributed by atoms with Gasteiger partial charge in [0.1, 0.15) is 17.6 Å². The highest BCUT2D eigenvalue weighted by molar-refractivity contribution is 5.91. The molecule has 0 radical (unpaired) electrons. The highest BCUT2D eigenvalue weighted by Gasteiger charge is 2.14. The summed E-state index contributed by atoms with van der Waals surface area (Å²) < 4.78 is 21.6. The maximum absolute atomic E-state index is 13.0. The summed E-state index contributed by atoms with van der Waals surface area (Å²) >= 11 is 0. The van der Waals surface area contributed by atoms with Crippen LogP contribution in [-0.4, -0.2) is 20.2 Å². The van der Waals surface area contributed by atoms with Crippen LogP contribution in [0, 0.1) is 0 Å². The van der Waals surface area contributed by atoms with E-state index in [-0.39, 0.29) is 5.43 Å². The number of fused-ring (bicyclic) bond motifs is 1. The van der Waals surface area contributed by atoms with Gasteiger partial charge in [-0.3, -0.25) is 4.79 Å². The number of ether oxygens (including phenoxy) is 3. The van der Waals surface area contributed by atoms with E-state index in [1.165, 1.54) is 19.4 Å². The quantitative estimate of drug-likeness (QED) is 0.356. The molecule has 6 heteroatoms. The maximum Gasteiger partial charge on any atom is 0.343 e. The fourth-order valence-corrected chi connectivity index (χ4v) is 3.12. The minimum absolute atomic E-state index is 0.204. The standard InChI is InChI=1S/C24H18O6/c1-27-20-11-8-16(12-22(20)28-2)19-14-29-21-13-17(9-10-18(21)23(19)25)30-24(26)15-6-4-3-5-7-15/h3-14H,1-2H3. The number of benzene rings is 3. The van der Waals surface area contributed by atoms with Crippen molar-refractivity contribution in [3.8, 4) is 28.4 Å². The van der Waals surface area contributed by atoms with E-state index in [1.807, 2.05) is 6.07 Å². The molecular formula is C24H18O6. The van der Waals surface area contributed by atoms with Crippen molar-refractivity contribution in [2.45, 2.75) is 0 Å². The highest BCUT2D eigenvalue weighted by Crippen LogP contribution is 2.32. The summed E-state index contributed by atoms with van der Waals surface area (Å²) in [4.78, 5) is 25.2. The van der Waals surface area contributed by atoms with Crippen LogP contribution in [-0.2, 0) is 0 Å². The zero-order chi connectivity index (χ0) is 21.1. The number of esters is 1. The molecule has 0 aliphatic carbocycles. The van der Waals surface area contributed by atoms with Crippen molar-refractivity contribution in [1.82, 2.24) is 0 Å². The lowest BCUT2D eigenvalue weighted by Crippen LogP contribution is -2.09. The first-order valence-corrected chi connectivity index (χ1v) is 9.16. The molecule has 1 heterocycles. The Bertz CT molecular complexity index is 1270.